The monoisotopic (exact) mass is 1220 g/mol. The van der Waals surface area contributed by atoms with Crippen molar-refractivity contribution < 1.29 is 81.1 Å². The van der Waals surface area contributed by atoms with Gasteiger partial charge in [0.2, 0.25) is 11.8 Å². The normalized spacial score (nSPS) is 23.7. The van der Waals surface area contributed by atoms with Crippen LogP contribution in [0.25, 0.3) is 21.8 Å². The molecular weight excluding hydrogens is 1140 g/mol. The van der Waals surface area contributed by atoms with Crippen molar-refractivity contribution >= 4 is 80.7 Å². The summed E-state index contributed by atoms with van der Waals surface area (Å²) in [5.41, 5.74) is 1.52. The van der Waals surface area contributed by atoms with Gasteiger partial charge in [-0.15, -0.1) is 0 Å². The molecule has 0 bridgehead atoms. The number of carbonyl (C=O) groups excluding carboxylic acids is 10. The van der Waals surface area contributed by atoms with Gasteiger partial charge in [-0.25, -0.2) is 4.79 Å². The number of Topliss-reactive ketones (excluding diaryl/α,β-unsaturated/α-hetero) is 4. The Bertz CT molecular complexity index is 3250. The van der Waals surface area contributed by atoms with Crippen LogP contribution < -0.4 is 20.1 Å². The maximum Gasteiger partial charge on any atom is 0.510 e. The van der Waals surface area contributed by atoms with Crippen LogP contribution in [-0.4, -0.2) is 163 Å². The molecule has 2 saturated heterocycles. The number of hydrogen-bond donors (Lipinski definition) is 4. The largest absolute Gasteiger partial charge is 0.510 e. The predicted octanol–water partition coefficient (Wildman–Crippen LogP) is 7.56. The quantitative estimate of drug-likeness (QED) is 0.0316. The third-order valence-electron chi connectivity index (χ3n) is 18.3. The van der Waals surface area contributed by atoms with Gasteiger partial charge in [0.25, 0.3) is 11.8 Å². The van der Waals surface area contributed by atoms with Gasteiger partial charge in [-0.1, -0.05) is 25.0 Å². The molecule has 2 aromatic heterocycles. The Morgan fingerprint density at radius 2 is 1.05 bits per heavy atom. The second-order valence-electron chi connectivity index (χ2n) is 25.5. The maximum atomic E-state index is 14.0. The Hall–Kier alpha value is -7.66. The molecule has 23 nitrogen and oxygen atoms in total. The summed E-state index contributed by atoms with van der Waals surface area (Å²) in [7, 11) is 3.15. The van der Waals surface area contributed by atoms with E-state index in [0.717, 1.165) is 73.2 Å². The van der Waals surface area contributed by atoms with Gasteiger partial charge < -0.3 is 63.6 Å². The van der Waals surface area contributed by atoms with E-state index in [-0.39, 0.29) is 84.4 Å². The van der Waals surface area contributed by atoms with Gasteiger partial charge in [-0.2, -0.15) is 0 Å². The molecule has 4 aliphatic carbocycles. The number of likely N-dealkylation sites (tertiary alicyclic amines) is 2. The molecule has 0 spiro atoms. The highest BCUT2D eigenvalue weighted by Gasteiger charge is 2.52. The zero-order valence-electron chi connectivity index (χ0n) is 51.4. The number of methoxy groups -OCH3 is 2. The lowest BCUT2D eigenvalue weighted by molar-refractivity contribution is -0.167. The number of amides is 4. The van der Waals surface area contributed by atoms with Crippen LogP contribution in [0.3, 0.4) is 0 Å². The molecule has 4 amide bonds. The fourth-order valence-electron chi connectivity index (χ4n) is 13.9. The van der Waals surface area contributed by atoms with Crippen molar-refractivity contribution in [3.05, 3.63) is 59.9 Å². The number of H-pyrrole nitrogens is 2. The summed E-state index contributed by atoms with van der Waals surface area (Å²) in [6, 6.07) is 11.1. The SMILES string of the molecule is COc1cccc2[nH]c(C(=O)N3C[C@@H]4CCC[C@@H]4[C@H]3C(=O)N[C@@H](C[C@@H]3CCCC3=O)C(=O)COCOC(=O)C(C)(C)C)cc12.COc1cccc2[nH]c(C(=O)N3C[C@@H]4CCC[C@@H]4[C@H]3C(=O)N[C@@H](C[C@@H]3CCCC3=O)C(=O)COCOC(=O)OC(C)C)cc12. The van der Waals surface area contributed by atoms with E-state index >= 15 is 0 Å². The van der Waals surface area contributed by atoms with Crippen molar-refractivity contribution in [3.8, 4) is 11.5 Å². The Labute approximate surface area is 511 Å². The lowest BCUT2D eigenvalue weighted by Crippen LogP contribution is -2.53. The average Bonchev–Trinajstić information content (AvgIpc) is 1.74. The van der Waals surface area contributed by atoms with E-state index in [9.17, 15) is 47.9 Å². The minimum Gasteiger partial charge on any atom is -0.496 e. The first kappa shape index (κ1) is 64.8. The van der Waals surface area contributed by atoms with Crippen molar-refractivity contribution in [2.45, 2.75) is 155 Å². The van der Waals surface area contributed by atoms with E-state index in [2.05, 4.69) is 20.6 Å². The molecule has 2 aliphatic heterocycles. The number of aromatic nitrogens is 2. The molecule has 10 atom stereocenters. The highest BCUT2D eigenvalue weighted by Crippen LogP contribution is 2.45. The first-order valence-electron chi connectivity index (χ1n) is 30.9. The van der Waals surface area contributed by atoms with E-state index in [4.69, 9.17) is 33.2 Å². The van der Waals surface area contributed by atoms with E-state index < -0.39 is 85.3 Å². The zero-order valence-corrected chi connectivity index (χ0v) is 51.4. The molecule has 23 heteroatoms. The first-order chi connectivity index (χ1) is 42.1. The molecule has 4 N–H and O–H groups in total. The number of esters is 1. The summed E-state index contributed by atoms with van der Waals surface area (Å²) < 4.78 is 36.4. The molecule has 6 aliphatic rings. The number of hydrogen-bond acceptors (Lipinski definition) is 17. The number of nitrogens with zero attached hydrogens (tertiary/aromatic N) is 2. The molecule has 0 unspecified atom stereocenters. The van der Waals surface area contributed by atoms with Crippen LogP contribution in [-0.2, 0) is 57.2 Å². The average molecular weight is 1220 g/mol. The second-order valence-corrected chi connectivity index (χ2v) is 25.5. The molecule has 4 heterocycles. The number of aromatic amines is 2. The van der Waals surface area contributed by atoms with Crippen molar-refractivity contribution in [2.75, 3.05) is 54.1 Å². The summed E-state index contributed by atoms with van der Waals surface area (Å²) in [6.45, 7) is 7.68. The summed E-state index contributed by atoms with van der Waals surface area (Å²) in [5, 5.41) is 7.37. The molecule has 4 aromatic rings. The van der Waals surface area contributed by atoms with Gasteiger partial charge in [0.05, 0.1) is 37.8 Å². The van der Waals surface area contributed by atoms with Gasteiger partial charge in [0, 0.05) is 59.6 Å². The van der Waals surface area contributed by atoms with Gasteiger partial charge in [-0.05, 0) is 159 Å². The Kier molecular flexibility index (Phi) is 21.1. The third kappa shape index (κ3) is 15.1. The Morgan fingerprint density at radius 1 is 0.602 bits per heavy atom. The fourth-order valence-corrected chi connectivity index (χ4v) is 13.9. The number of benzene rings is 2. The van der Waals surface area contributed by atoms with Crippen molar-refractivity contribution in [2.24, 2.45) is 40.9 Å². The summed E-state index contributed by atoms with van der Waals surface area (Å²) in [6.07, 6.45) is 8.16. The summed E-state index contributed by atoms with van der Waals surface area (Å²) in [4.78, 5) is 141. The Morgan fingerprint density at radius 3 is 1.44 bits per heavy atom. The number of rotatable bonds is 23. The highest BCUT2D eigenvalue weighted by atomic mass is 16.8. The highest BCUT2D eigenvalue weighted by molar-refractivity contribution is 6.04. The minimum atomic E-state index is -0.994. The van der Waals surface area contributed by atoms with Crippen LogP contribution >= 0.6 is 0 Å². The third-order valence-corrected chi connectivity index (χ3v) is 18.3. The molecule has 6 fully saturated rings. The number of carbonyl (C=O) groups is 10. The van der Waals surface area contributed by atoms with Crippen LogP contribution in [0.2, 0.25) is 0 Å². The zero-order chi connectivity index (χ0) is 63.0. The first-order valence-corrected chi connectivity index (χ1v) is 30.9. The molecular formula is C65H84N6O17. The van der Waals surface area contributed by atoms with Crippen molar-refractivity contribution in [3.63, 3.8) is 0 Å². The van der Waals surface area contributed by atoms with Crippen LogP contribution in [0.15, 0.2) is 48.5 Å². The molecule has 2 aromatic carbocycles. The topological polar surface area (TPSA) is 297 Å². The second kappa shape index (κ2) is 28.7. The van der Waals surface area contributed by atoms with Gasteiger partial charge in [0.1, 0.15) is 59.8 Å². The maximum absolute atomic E-state index is 14.0. The van der Waals surface area contributed by atoms with Crippen LogP contribution in [0.5, 0.6) is 11.5 Å². The smallest absolute Gasteiger partial charge is 0.496 e. The fraction of sp³-hybridized carbons (Fsp3) is 0.600. The molecule has 476 valence electrons. The van der Waals surface area contributed by atoms with E-state index in [0.29, 0.717) is 61.7 Å². The standard InChI is InChI=1S/C33H43N3O8.C32H41N3O9/c1-33(2,3)32(41)44-18-43-17-27(38)24(14-19-8-6-12-26(19)37)35-30(39)29-21-10-5-9-20(21)16-36(29)31(40)25-15-22-23(34-25)11-7-13-28(22)42-4;1-18(2)44-32(40)43-17-42-16-27(37)24(13-19-7-5-11-26(19)36)34-30(38)29-21-9-4-8-20(21)15-35(29)31(39)25-14-22-23(33-25)10-6-12-28(22)41-3/h7,11,13,15,19-21,24,29,34H,5-6,8-10,12,14,16-18H2,1-4H3,(H,35,39);6,10,12,14,18-21,24,29,33H,4-5,7-9,11,13,15-17H2,1-3H3,(H,34,38)/t2*19-,20-,21-,24-,29-/m00/s1. The number of ketones is 4. The lowest BCUT2D eigenvalue weighted by Gasteiger charge is -2.29. The minimum absolute atomic E-state index is 0.0187. The molecule has 88 heavy (non-hydrogen) atoms. The predicted molar refractivity (Wildman–Crippen MR) is 319 cm³/mol. The van der Waals surface area contributed by atoms with Crippen molar-refractivity contribution in [1.29, 1.82) is 0 Å². The molecule has 10 rings (SSSR count). The van der Waals surface area contributed by atoms with Gasteiger partial charge >= 0.3 is 12.1 Å². The summed E-state index contributed by atoms with van der Waals surface area (Å²) >= 11 is 0. The van der Waals surface area contributed by atoms with E-state index in [1.807, 2.05) is 36.4 Å². The lowest BCUT2D eigenvalue weighted by atomic mass is 9.91. The molecule has 4 saturated carbocycles. The molecule has 0 radical (unpaired) electrons. The van der Waals surface area contributed by atoms with Crippen molar-refractivity contribution in [1.82, 2.24) is 30.4 Å². The number of ether oxygens (including phenoxy) is 7. The van der Waals surface area contributed by atoms with Gasteiger partial charge in [0.15, 0.2) is 25.2 Å². The van der Waals surface area contributed by atoms with Crippen LogP contribution in [0.4, 0.5) is 4.79 Å². The van der Waals surface area contributed by atoms with E-state index in [1.54, 1.807) is 70.8 Å². The Balaban J connectivity index is 0.000000209. The van der Waals surface area contributed by atoms with E-state index in [1.165, 1.54) is 0 Å². The summed E-state index contributed by atoms with van der Waals surface area (Å²) in [5.74, 6) is -1.61. The van der Waals surface area contributed by atoms with Crippen LogP contribution in [0.1, 0.15) is 145 Å². The number of fused-ring (bicyclic) bond motifs is 4. The van der Waals surface area contributed by atoms with Crippen LogP contribution in [0, 0.1) is 40.9 Å². The number of nitrogens with one attached hydrogen (secondary N) is 4. The van der Waals surface area contributed by atoms with Gasteiger partial charge in [-0.3, -0.25) is 43.2 Å².